The number of benzene rings is 2. The van der Waals surface area contributed by atoms with E-state index < -0.39 is 12.0 Å². The third-order valence-corrected chi connectivity index (χ3v) is 7.63. The number of esters is 1. The van der Waals surface area contributed by atoms with E-state index in [1.54, 1.807) is 50.8 Å². The van der Waals surface area contributed by atoms with Gasteiger partial charge in [0.1, 0.15) is 11.5 Å². The second kappa shape index (κ2) is 10.5. The minimum atomic E-state index is -0.673. The van der Waals surface area contributed by atoms with Crippen LogP contribution < -0.4 is 24.4 Å². The maximum absolute atomic E-state index is 13.7. The zero-order valence-corrected chi connectivity index (χ0v) is 23.4. The van der Waals surface area contributed by atoms with Crippen molar-refractivity contribution in [3.63, 3.8) is 0 Å². The highest BCUT2D eigenvalue weighted by Gasteiger charge is 2.33. The Balaban J connectivity index is 1.93. The average molecular weight is 622 g/mol. The van der Waals surface area contributed by atoms with Crippen LogP contribution in [0.5, 0.6) is 11.5 Å². The molecule has 1 atom stereocenters. The third-order valence-electron chi connectivity index (χ3n) is 5.47. The van der Waals surface area contributed by atoms with Crippen molar-refractivity contribution in [1.82, 2.24) is 4.57 Å². The molecule has 1 aliphatic rings. The molecule has 1 unspecified atom stereocenters. The van der Waals surface area contributed by atoms with Gasteiger partial charge in [-0.05, 0) is 87.2 Å². The van der Waals surface area contributed by atoms with Crippen molar-refractivity contribution in [3.05, 3.63) is 87.4 Å². The molecule has 0 spiro atoms. The normalized spacial score (nSPS) is 15.5. The van der Waals surface area contributed by atoms with E-state index in [4.69, 9.17) is 14.2 Å². The van der Waals surface area contributed by atoms with Crippen LogP contribution >= 0.6 is 43.2 Å². The Bertz CT molecular complexity index is 1480. The predicted molar refractivity (Wildman–Crippen MR) is 142 cm³/mol. The standard InChI is InChI=1S/C25H22Br2N2O5S/c1-5-34-24(31)20-13(2)28-25-29(21(20)15-6-8-16(32-3)9-7-15)23(30)19(35-25)12-14-10-17(26)22(33-4)18(27)11-14/h6-12,21H,5H2,1-4H3/b19-12-. The number of allylic oxidation sites excluding steroid dienone is 1. The highest BCUT2D eigenvalue weighted by atomic mass is 79.9. The predicted octanol–water partition coefficient (Wildman–Crippen LogP) is 4.34. The smallest absolute Gasteiger partial charge is 0.338 e. The van der Waals surface area contributed by atoms with Gasteiger partial charge in [-0.1, -0.05) is 23.5 Å². The van der Waals surface area contributed by atoms with Crippen molar-refractivity contribution in [1.29, 1.82) is 0 Å². The summed E-state index contributed by atoms with van der Waals surface area (Å²) in [7, 11) is 3.17. The fraction of sp³-hybridized carbons (Fsp3) is 0.240. The monoisotopic (exact) mass is 620 g/mol. The fourth-order valence-electron chi connectivity index (χ4n) is 3.90. The molecule has 35 heavy (non-hydrogen) atoms. The molecular weight excluding hydrogens is 600 g/mol. The van der Waals surface area contributed by atoms with E-state index in [0.29, 0.717) is 32.1 Å². The van der Waals surface area contributed by atoms with E-state index in [0.717, 1.165) is 20.1 Å². The van der Waals surface area contributed by atoms with Crippen LogP contribution in [0.15, 0.2) is 66.4 Å². The molecule has 0 N–H and O–H groups in total. The molecule has 3 aromatic rings. The van der Waals surface area contributed by atoms with Gasteiger partial charge in [-0.2, -0.15) is 0 Å². The molecule has 0 aliphatic carbocycles. The molecule has 1 aliphatic heterocycles. The van der Waals surface area contributed by atoms with Crippen LogP contribution in [0.2, 0.25) is 0 Å². The zero-order chi connectivity index (χ0) is 25.3. The molecule has 7 nitrogen and oxygen atoms in total. The van der Waals surface area contributed by atoms with Crippen molar-refractivity contribution in [2.75, 3.05) is 20.8 Å². The van der Waals surface area contributed by atoms with Gasteiger partial charge in [0.25, 0.3) is 5.56 Å². The van der Waals surface area contributed by atoms with Gasteiger partial charge in [0.15, 0.2) is 4.80 Å². The van der Waals surface area contributed by atoms with Crippen LogP contribution in [0.3, 0.4) is 0 Å². The fourth-order valence-corrected chi connectivity index (χ4v) is 6.49. The molecule has 4 rings (SSSR count). The van der Waals surface area contributed by atoms with Gasteiger partial charge in [0, 0.05) is 0 Å². The third kappa shape index (κ3) is 4.87. The van der Waals surface area contributed by atoms with Gasteiger partial charge in [-0.15, -0.1) is 0 Å². The van der Waals surface area contributed by atoms with Gasteiger partial charge in [0.05, 0.1) is 51.6 Å². The lowest BCUT2D eigenvalue weighted by Gasteiger charge is -2.24. The van der Waals surface area contributed by atoms with Gasteiger partial charge in [-0.25, -0.2) is 9.79 Å². The minimum absolute atomic E-state index is 0.219. The summed E-state index contributed by atoms with van der Waals surface area (Å²) in [5.41, 5.74) is 2.17. The first kappa shape index (κ1) is 25.4. The molecule has 0 saturated carbocycles. The molecule has 0 fully saturated rings. The summed E-state index contributed by atoms with van der Waals surface area (Å²) in [5.74, 6) is 0.847. The van der Waals surface area contributed by atoms with E-state index in [-0.39, 0.29) is 12.2 Å². The van der Waals surface area contributed by atoms with Crippen LogP contribution in [-0.4, -0.2) is 31.4 Å². The van der Waals surface area contributed by atoms with Gasteiger partial charge in [-0.3, -0.25) is 9.36 Å². The van der Waals surface area contributed by atoms with E-state index in [2.05, 4.69) is 36.9 Å². The summed E-state index contributed by atoms with van der Waals surface area (Å²) in [5, 5.41) is 0. The number of thiazole rings is 1. The Kier molecular flexibility index (Phi) is 7.63. The molecule has 2 heterocycles. The second-order valence-electron chi connectivity index (χ2n) is 7.59. The molecule has 0 saturated heterocycles. The first-order chi connectivity index (χ1) is 16.8. The average Bonchev–Trinajstić information content (AvgIpc) is 3.12. The Morgan fingerprint density at radius 3 is 2.37 bits per heavy atom. The van der Waals surface area contributed by atoms with Gasteiger partial charge >= 0.3 is 5.97 Å². The van der Waals surface area contributed by atoms with Gasteiger partial charge in [0.2, 0.25) is 0 Å². The minimum Gasteiger partial charge on any atom is -0.497 e. The first-order valence-corrected chi connectivity index (χ1v) is 13.1. The summed E-state index contributed by atoms with van der Waals surface area (Å²) in [6.45, 7) is 3.73. The SMILES string of the molecule is CCOC(=O)C1=C(C)N=c2s/c(=C\c3cc(Br)c(OC)c(Br)c3)c(=O)n2C1c1ccc(OC)cc1. The maximum atomic E-state index is 13.7. The van der Waals surface area contributed by atoms with Crippen LogP contribution in [0.4, 0.5) is 0 Å². The topological polar surface area (TPSA) is 79.1 Å². The molecular formula is C25H22Br2N2O5S. The van der Waals surface area contributed by atoms with Crippen LogP contribution in [0, 0.1) is 0 Å². The first-order valence-electron chi connectivity index (χ1n) is 10.7. The van der Waals surface area contributed by atoms with E-state index >= 15 is 0 Å². The summed E-state index contributed by atoms with van der Waals surface area (Å²) >= 11 is 8.28. The molecule has 0 bridgehead atoms. The number of rotatable bonds is 6. The molecule has 1 aromatic heterocycles. The maximum Gasteiger partial charge on any atom is 0.338 e. The van der Waals surface area contributed by atoms with Crippen molar-refractivity contribution in [2.45, 2.75) is 19.9 Å². The highest BCUT2D eigenvalue weighted by molar-refractivity contribution is 9.11. The highest BCUT2D eigenvalue weighted by Crippen LogP contribution is 2.35. The second-order valence-corrected chi connectivity index (χ2v) is 10.3. The van der Waals surface area contributed by atoms with E-state index in [1.807, 2.05) is 24.3 Å². The van der Waals surface area contributed by atoms with Crippen LogP contribution in [0.25, 0.3) is 6.08 Å². The summed E-state index contributed by atoms with van der Waals surface area (Å²) in [6.07, 6.45) is 1.80. The number of carbonyl (C=O) groups is 1. The number of halogens is 2. The Morgan fingerprint density at radius 2 is 1.80 bits per heavy atom. The number of aromatic nitrogens is 1. The molecule has 0 radical (unpaired) electrons. The molecule has 2 aromatic carbocycles. The lowest BCUT2D eigenvalue weighted by molar-refractivity contribution is -0.139. The number of carbonyl (C=O) groups excluding carboxylic acids is 1. The summed E-state index contributed by atoms with van der Waals surface area (Å²) in [4.78, 5) is 31.8. The largest absolute Gasteiger partial charge is 0.497 e. The Morgan fingerprint density at radius 1 is 1.14 bits per heavy atom. The number of fused-ring (bicyclic) bond motifs is 1. The van der Waals surface area contributed by atoms with Crippen molar-refractivity contribution in [3.8, 4) is 11.5 Å². The van der Waals surface area contributed by atoms with Crippen LogP contribution in [0.1, 0.15) is 31.0 Å². The van der Waals surface area contributed by atoms with E-state index in [9.17, 15) is 9.59 Å². The van der Waals surface area contributed by atoms with Crippen molar-refractivity contribution in [2.24, 2.45) is 4.99 Å². The lowest BCUT2D eigenvalue weighted by atomic mass is 9.96. The Hall–Kier alpha value is -2.69. The lowest BCUT2D eigenvalue weighted by Crippen LogP contribution is -2.39. The number of hydrogen-bond donors (Lipinski definition) is 0. The molecule has 10 heteroatoms. The zero-order valence-electron chi connectivity index (χ0n) is 19.4. The van der Waals surface area contributed by atoms with Crippen molar-refractivity contribution >= 4 is 55.2 Å². The number of ether oxygens (including phenoxy) is 3. The number of methoxy groups -OCH3 is 2. The summed E-state index contributed by atoms with van der Waals surface area (Å²) < 4.78 is 19.5. The molecule has 182 valence electrons. The molecule has 0 amide bonds. The van der Waals surface area contributed by atoms with Gasteiger partial charge < -0.3 is 14.2 Å². The van der Waals surface area contributed by atoms with Crippen molar-refractivity contribution < 1.29 is 19.0 Å². The summed E-state index contributed by atoms with van der Waals surface area (Å²) in [6, 6.07) is 10.4. The van der Waals surface area contributed by atoms with Crippen LogP contribution in [-0.2, 0) is 9.53 Å². The number of hydrogen-bond acceptors (Lipinski definition) is 7. The quantitative estimate of drug-likeness (QED) is 0.383. The van der Waals surface area contributed by atoms with E-state index in [1.165, 1.54) is 11.3 Å². The Labute approximate surface area is 222 Å². The number of nitrogens with zero attached hydrogens (tertiary/aromatic N) is 2.